The largest absolute Gasteiger partial charge is 0.493 e. The number of esters is 1. The number of nitrogens with one attached hydrogen (secondary N) is 2. The first-order chi connectivity index (χ1) is 19.9. The molecule has 11 nitrogen and oxygen atoms in total. The molecule has 42 heavy (non-hydrogen) atoms. The Morgan fingerprint density at radius 3 is 2.24 bits per heavy atom. The predicted octanol–water partition coefficient (Wildman–Crippen LogP) is 3.41. The van der Waals surface area contributed by atoms with Gasteiger partial charge in [0.2, 0.25) is 10.0 Å². The van der Waals surface area contributed by atoms with Crippen LogP contribution in [0.5, 0.6) is 5.75 Å². The number of rotatable bonds is 9. The zero-order chi connectivity index (χ0) is 30.1. The number of halogens is 2. The first-order valence-electron chi connectivity index (χ1n) is 13.9. The quantitative estimate of drug-likeness (QED) is 0.412. The minimum absolute atomic E-state index is 0.0866. The summed E-state index contributed by atoms with van der Waals surface area (Å²) in [5, 5.41) is 2.79. The van der Waals surface area contributed by atoms with Crippen LogP contribution >= 0.6 is 0 Å². The van der Waals surface area contributed by atoms with E-state index in [0.29, 0.717) is 35.8 Å². The van der Waals surface area contributed by atoms with Gasteiger partial charge >= 0.3 is 5.97 Å². The average Bonchev–Trinajstić information content (AvgIpc) is 3.74. The summed E-state index contributed by atoms with van der Waals surface area (Å²) in [6.45, 7) is 0.999. The Morgan fingerprint density at radius 1 is 0.952 bits per heavy atom. The zero-order valence-corrected chi connectivity index (χ0v) is 24.4. The lowest BCUT2D eigenvalue weighted by Gasteiger charge is -2.35. The van der Waals surface area contributed by atoms with Crippen molar-refractivity contribution in [2.45, 2.75) is 49.3 Å². The molecule has 1 aromatic carbocycles. The number of anilines is 3. The molecule has 5 rings (SSSR count). The molecule has 1 saturated carbocycles. The van der Waals surface area contributed by atoms with Crippen molar-refractivity contribution >= 4 is 39.2 Å². The van der Waals surface area contributed by atoms with Crippen molar-refractivity contribution in [1.29, 1.82) is 0 Å². The molecule has 2 aromatic rings. The fourth-order valence-corrected chi connectivity index (χ4v) is 6.45. The molecule has 1 aromatic heterocycles. The van der Waals surface area contributed by atoms with Crippen LogP contribution in [0, 0.1) is 5.41 Å². The molecular weight excluding hydrogens is 572 g/mol. The number of alkyl halides is 2. The molecule has 2 N–H and O–H groups in total. The third-order valence-corrected chi connectivity index (χ3v) is 9.77. The topological polar surface area (TPSA) is 130 Å². The van der Waals surface area contributed by atoms with Gasteiger partial charge in [0.15, 0.2) is 11.6 Å². The van der Waals surface area contributed by atoms with Crippen LogP contribution in [0.15, 0.2) is 35.2 Å². The van der Waals surface area contributed by atoms with Crippen molar-refractivity contribution in [3.05, 3.63) is 35.9 Å². The molecule has 3 heterocycles. The normalized spacial score (nSPS) is 19.3. The Kier molecular flexibility index (Phi) is 8.30. The molecule has 1 aliphatic carbocycles. The maximum Gasteiger partial charge on any atom is 0.320 e. The molecule has 2 aliphatic heterocycles. The van der Waals surface area contributed by atoms with Crippen LogP contribution in [0.3, 0.4) is 0 Å². The van der Waals surface area contributed by atoms with Crippen molar-refractivity contribution in [3.8, 4) is 5.75 Å². The Bertz CT molecular complexity index is 1450. The first-order valence-corrected chi connectivity index (χ1v) is 15.4. The van der Waals surface area contributed by atoms with Gasteiger partial charge in [-0.3, -0.25) is 9.59 Å². The van der Waals surface area contributed by atoms with Crippen LogP contribution in [-0.2, 0) is 19.6 Å². The van der Waals surface area contributed by atoms with Crippen LogP contribution in [0.2, 0.25) is 0 Å². The molecule has 1 spiro atoms. The summed E-state index contributed by atoms with van der Waals surface area (Å²) in [6.07, 6.45) is 3.64. The lowest BCUT2D eigenvalue weighted by molar-refractivity contribution is -0.139. The number of ether oxygens (including phenoxy) is 2. The fraction of sp³-hybridized carbons (Fsp3) is 0.536. The SMILES string of the molecule is COC(=O)CNS(=O)(=O)c1ccc(C(=O)Nc2ccc(OC)c(N3CCC(F)(F)CC3)n2)c(N2CCC3(CC2)CC3)c1. The van der Waals surface area contributed by atoms with E-state index in [-0.39, 0.29) is 42.2 Å². The summed E-state index contributed by atoms with van der Waals surface area (Å²) in [5.41, 5.74) is 1.06. The van der Waals surface area contributed by atoms with Crippen molar-refractivity contribution in [3.63, 3.8) is 0 Å². The molecule has 1 amide bonds. The summed E-state index contributed by atoms with van der Waals surface area (Å²) >= 11 is 0. The summed E-state index contributed by atoms with van der Waals surface area (Å²) in [4.78, 5) is 33.3. The van der Waals surface area contributed by atoms with Crippen LogP contribution < -0.4 is 24.6 Å². The average molecular weight is 608 g/mol. The number of nitrogens with zero attached hydrogens (tertiary/aromatic N) is 3. The van der Waals surface area contributed by atoms with Gasteiger partial charge in [-0.1, -0.05) is 0 Å². The number of carbonyl (C=O) groups is 2. The number of sulfonamides is 1. The lowest BCUT2D eigenvalue weighted by Crippen LogP contribution is -2.40. The van der Waals surface area contributed by atoms with Gasteiger partial charge in [-0.05, 0) is 61.4 Å². The third kappa shape index (κ3) is 6.59. The Labute approximate surface area is 243 Å². The monoisotopic (exact) mass is 607 g/mol. The number of piperidine rings is 2. The van der Waals surface area contributed by atoms with Crippen LogP contribution in [0.4, 0.5) is 26.1 Å². The Morgan fingerprint density at radius 2 is 1.62 bits per heavy atom. The standard InChI is InChI=1S/C28H35F2N5O6S/c1-40-22-5-6-23(32-25(22)35-15-11-28(29,30)12-16-35)33-26(37)20-4-3-19(42(38,39)31-18-24(36)41-2)17-21(20)34-13-9-27(7-8-27)10-14-34/h3-6,17,31H,7-16,18H2,1-2H3,(H,32,33,37). The molecule has 2 saturated heterocycles. The number of carbonyl (C=O) groups excluding carboxylic acids is 2. The molecule has 228 valence electrons. The van der Waals surface area contributed by atoms with E-state index in [1.54, 1.807) is 17.0 Å². The summed E-state index contributed by atoms with van der Waals surface area (Å²) < 4.78 is 65.5. The molecule has 3 aliphatic rings. The van der Waals surface area contributed by atoms with E-state index >= 15 is 0 Å². The minimum Gasteiger partial charge on any atom is -0.493 e. The molecule has 0 atom stereocenters. The van der Waals surface area contributed by atoms with Gasteiger partial charge < -0.3 is 24.6 Å². The lowest BCUT2D eigenvalue weighted by atomic mass is 9.93. The number of hydrogen-bond donors (Lipinski definition) is 2. The van der Waals surface area contributed by atoms with Gasteiger partial charge in [0, 0.05) is 39.0 Å². The van der Waals surface area contributed by atoms with Gasteiger partial charge in [-0.25, -0.2) is 22.2 Å². The van der Waals surface area contributed by atoms with Crippen molar-refractivity contribution in [2.24, 2.45) is 5.41 Å². The number of methoxy groups -OCH3 is 2. The van der Waals surface area contributed by atoms with Crippen molar-refractivity contribution < 1.29 is 36.3 Å². The van der Waals surface area contributed by atoms with Crippen molar-refractivity contribution in [1.82, 2.24) is 9.71 Å². The Balaban J connectivity index is 1.41. The van der Waals surface area contributed by atoms with Crippen LogP contribution in [-0.4, -0.2) is 78.1 Å². The highest BCUT2D eigenvalue weighted by Gasteiger charge is 2.45. The number of hydrogen-bond acceptors (Lipinski definition) is 9. The molecule has 0 unspecified atom stereocenters. The number of amides is 1. The maximum atomic E-state index is 13.7. The van der Waals surface area contributed by atoms with Crippen molar-refractivity contribution in [2.75, 3.05) is 62.1 Å². The predicted molar refractivity (Wildman–Crippen MR) is 152 cm³/mol. The molecule has 14 heteroatoms. The molecule has 3 fully saturated rings. The van der Waals surface area contributed by atoms with Gasteiger partial charge in [-0.2, -0.15) is 4.72 Å². The van der Waals surface area contributed by atoms with Gasteiger partial charge in [0.05, 0.1) is 30.4 Å². The minimum atomic E-state index is -4.07. The second kappa shape index (κ2) is 11.6. The Hall–Kier alpha value is -3.52. The van der Waals surface area contributed by atoms with E-state index in [1.165, 1.54) is 38.2 Å². The molecule has 0 bridgehead atoms. The third-order valence-electron chi connectivity index (χ3n) is 8.38. The highest BCUT2D eigenvalue weighted by atomic mass is 32.2. The second-order valence-corrected chi connectivity index (χ2v) is 12.9. The molecular formula is C28H35F2N5O6S. The summed E-state index contributed by atoms with van der Waals surface area (Å²) in [6, 6.07) is 7.38. The smallest absolute Gasteiger partial charge is 0.320 e. The summed E-state index contributed by atoms with van der Waals surface area (Å²) in [5.74, 6) is -3.01. The van der Waals surface area contributed by atoms with Gasteiger partial charge in [0.1, 0.15) is 12.4 Å². The van der Waals surface area contributed by atoms with Gasteiger partial charge in [-0.15, -0.1) is 0 Å². The number of pyridine rings is 1. The maximum absolute atomic E-state index is 13.7. The highest BCUT2D eigenvalue weighted by molar-refractivity contribution is 7.89. The summed E-state index contributed by atoms with van der Waals surface area (Å²) in [7, 11) is -1.44. The fourth-order valence-electron chi connectivity index (χ4n) is 5.46. The van der Waals surface area contributed by atoms with Gasteiger partial charge in [0.25, 0.3) is 11.8 Å². The van der Waals surface area contributed by atoms with E-state index in [2.05, 4.69) is 19.8 Å². The number of benzene rings is 1. The van der Waals surface area contributed by atoms with E-state index in [4.69, 9.17) is 4.74 Å². The first kappa shape index (κ1) is 30.0. The van der Waals surface area contributed by atoms with E-state index in [9.17, 15) is 26.8 Å². The number of aromatic nitrogens is 1. The van der Waals surface area contributed by atoms with E-state index in [1.807, 2.05) is 4.90 Å². The van der Waals surface area contributed by atoms with Crippen LogP contribution in [0.25, 0.3) is 0 Å². The zero-order valence-electron chi connectivity index (χ0n) is 23.6. The van der Waals surface area contributed by atoms with E-state index < -0.39 is 34.4 Å². The van der Waals surface area contributed by atoms with Crippen LogP contribution in [0.1, 0.15) is 48.9 Å². The molecule has 0 radical (unpaired) electrons. The highest BCUT2D eigenvalue weighted by Crippen LogP contribution is 2.54. The second-order valence-electron chi connectivity index (χ2n) is 11.1. The van der Waals surface area contributed by atoms with E-state index in [0.717, 1.165) is 20.0 Å².